The zero-order valence-corrected chi connectivity index (χ0v) is 15.5. The molecular weight excluding hydrogens is 328 g/mol. The highest BCUT2D eigenvalue weighted by atomic mass is 16.5. The lowest BCUT2D eigenvalue weighted by molar-refractivity contribution is -0.199. The highest BCUT2D eigenvalue weighted by Crippen LogP contribution is 2.45. The Labute approximate surface area is 149 Å². The van der Waals surface area contributed by atoms with E-state index in [9.17, 15) is 24.6 Å². The van der Waals surface area contributed by atoms with Gasteiger partial charge in [-0.3, -0.25) is 9.59 Å². The van der Waals surface area contributed by atoms with Gasteiger partial charge in [-0.25, -0.2) is 4.79 Å². The average molecular weight is 360 g/mol. The van der Waals surface area contributed by atoms with Gasteiger partial charge >= 0.3 is 17.9 Å². The number of hydrogen-bond donors (Lipinski definition) is 3. The number of carboxylic acid groups (broad SMARTS) is 2. The molecular formula is C18H32O7. The monoisotopic (exact) mass is 360 g/mol. The number of carbonyl (C=O) groups excluding carboxylic acids is 1. The number of carboxylic acids is 2. The van der Waals surface area contributed by atoms with Gasteiger partial charge in [0, 0.05) is 0 Å². The van der Waals surface area contributed by atoms with Crippen LogP contribution in [0.3, 0.4) is 0 Å². The van der Waals surface area contributed by atoms with Crippen molar-refractivity contribution in [3.05, 3.63) is 0 Å². The number of aliphatic carboxylic acids is 2. The minimum absolute atomic E-state index is 0.0326. The number of esters is 1. The molecule has 1 atom stereocenters. The van der Waals surface area contributed by atoms with Crippen molar-refractivity contribution in [2.75, 3.05) is 6.61 Å². The molecule has 0 heterocycles. The smallest absolute Gasteiger partial charge is 0.337 e. The van der Waals surface area contributed by atoms with Gasteiger partial charge in [0.15, 0.2) is 5.60 Å². The Hall–Kier alpha value is -1.63. The fraction of sp³-hybridized carbons (Fsp3) is 0.833. The zero-order valence-electron chi connectivity index (χ0n) is 15.5. The van der Waals surface area contributed by atoms with Crippen LogP contribution in [-0.4, -0.2) is 45.4 Å². The van der Waals surface area contributed by atoms with Gasteiger partial charge in [0.25, 0.3) is 0 Å². The summed E-state index contributed by atoms with van der Waals surface area (Å²) in [5, 5.41) is 29.7. The summed E-state index contributed by atoms with van der Waals surface area (Å²) >= 11 is 0. The van der Waals surface area contributed by atoms with E-state index < -0.39 is 35.3 Å². The van der Waals surface area contributed by atoms with Crippen molar-refractivity contribution in [1.29, 1.82) is 0 Å². The van der Waals surface area contributed by atoms with Gasteiger partial charge in [-0.05, 0) is 19.8 Å². The summed E-state index contributed by atoms with van der Waals surface area (Å²) in [5.41, 5.74) is -4.47. The molecule has 0 rings (SSSR count). The molecule has 146 valence electrons. The number of unbranched alkanes of at least 4 members (excludes halogenated alkanes) is 4. The van der Waals surface area contributed by atoms with Gasteiger partial charge in [-0.15, -0.1) is 0 Å². The molecule has 0 fully saturated rings. The van der Waals surface area contributed by atoms with E-state index in [4.69, 9.17) is 9.84 Å². The molecule has 0 bridgehead atoms. The summed E-state index contributed by atoms with van der Waals surface area (Å²) in [4.78, 5) is 35.8. The summed E-state index contributed by atoms with van der Waals surface area (Å²) in [7, 11) is 0. The van der Waals surface area contributed by atoms with Gasteiger partial charge in [0.2, 0.25) is 0 Å². The van der Waals surface area contributed by atoms with Crippen LogP contribution < -0.4 is 0 Å². The molecule has 0 aliphatic carbocycles. The van der Waals surface area contributed by atoms with E-state index in [1.54, 1.807) is 6.92 Å². The van der Waals surface area contributed by atoms with E-state index >= 15 is 0 Å². The van der Waals surface area contributed by atoms with Crippen LogP contribution in [0.15, 0.2) is 0 Å². The van der Waals surface area contributed by atoms with Crippen molar-refractivity contribution in [3.63, 3.8) is 0 Å². The normalized spacial score (nSPS) is 13.9. The van der Waals surface area contributed by atoms with Crippen molar-refractivity contribution in [3.8, 4) is 0 Å². The first kappa shape index (κ1) is 23.4. The summed E-state index contributed by atoms with van der Waals surface area (Å²) in [5.74, 6) is -3.99. The van der Waals surface area contributed by atoms with E-state index in [-0.39, 0.29) is 19.4 Å². The molecule has 0 aliphatic rings. The van der Waals surface area contributed by atoms with Crippen molar-refractivity contribution in [1.82, 2.24) is 0 Å². The average Bonchev–Trinajstić information content (AvgIpc) is 2.52. The van der Waals surface area contributed by atoms with Crippen molar-refractivity contribution >= 4 is 17.9 Å². The molecule has 7 heteroatoms. The molecule has 0 aromatic rings. The molecule has 3 N–H and O–H groups in total. The van der Waals surface area contributed by atoms with Gasteiger partial charge in [-0.1, -0.05) is 52.4 Å². The molecule has 0 aliphatic heterocycles. The lowest BCUT2D eigenvalue weighted by Gasteiger charge is -2.42. The fourth-order valence-corrected chi connectivity index (χ4v) is 3.20. The molecule has 0 amide bonds. The van der Waals surface area contributed by atoms with Crippen LogP contribution in [0.2, 0.25) is 0 Å². The zero-order chi connectivity index (χ0) is 19.5. The van der Waals surface area contributed by atoms with Crippen molar-refractivity contribution in [2.45, 2.75) is 84.2 Å². The predicted molar refractivity (Wildman–Crippen MR) is 92.2 cm³/mol. The summed E-state index contributed by atoms with van der Waals surface area (Å²) in [6.07, 6.45) is 3.33. The minimum Gasteiger partial charge on any atom is -0.481 e. The predicted octanol–water partition coefficient (Wildman–Crippen LogP) is 2.99. The molecule has 1 unspecified atom stereocenters. The van der Waals surface area contributed by atoms with Crippen LogP contribution in [0.1, 0.15) is 78.6 Å². The van der Waals surface area contributed by atoms with E-state index in [1.165, 1.54) is 0 Å². The molecule has 0 saturated carbocycles. The van der Waals surface area contributed by atoms with Gasteiger partial charge in [0.1, 0.15) is 5.41 Å². The first-order chi connectivity index (χ1) is 11.7. The summed E-state index contributed by atoms with van der Waals surface area (Å²) in [6.45, 7) is 5.55. The maximum Gasteiger partial charge on any atom is 0.337 e. The highest BCUT2D eigenvalue weighted by molar-refractivity contribution is 5.92. The quantitative estimate of drug-likeness (QED) is 0.321. The second-order valence-corrected chi connectivity index (χ2v) is 6.45. The Balaban J connectivity index is 6.07. The molecule has 0 radical (unpaired) electrons. The van der Waals surface area contributed by atoms with Crippen LogP contribution in [0.25, 0.3) is 0 Å². The summed E-state index contributed by atoms with van der Waals surface area (Å²) in [6, 6.07) is 0. The third-order valence-electron chi connectivity index (χ3n) is 4.63. The lowest BCUT2D eigenvalue weighted by Crippen LogP contribution is -2.60. The molecule has 0 spiro atoms. The van der Waals surface area contributed by atoms with Crippen molar-refractivity contribution in [2.24, 2.45) is 5.41 Å². The van der Waals surface area contributed by atoms with Crippen LogP contribution in [0.5, 0.6) is 0 Å². The molecule has 0 aromatic heterocycles. The topological polar surface area (TPSA) is 121 Å². The largest absolute Gasteiger partial charge is 0.481 e. The number of carbonyl (C=O) groups is 3. The van der Waals surface area contributed by atoms with Crippen molar-refractivity contribution < 1.29 is 34.4 Å². The Kier molecular flexibility index (Phi) is 10.4. The first-order valence-corrected chi connectivity index (χ1v) is 9.06. The lowest BCUT2D eigenvalue weighted by atomic mass is 9.64. The fourth-order valence-electron chi connectivity index (χ4n) is 3.20. The van der Waals surface area contributed by atoms with E-state index in [0.717, 1.165) is 25.7 Å². The number of rotatable bonds is 14. The Bertz CT molecular complexity index is 437. The second kappa shape index (κ2) is 11.1. The van der Waals surface area contributed by atoms with E-state index in [2.05, 4.69) is 0 Å². The third kappa shape index (κ3) is 5.99. The van der Waals surface area contributed by atoms with Gasteiger partial charge in [-0.2, -0.15) is 0 Å². The Morgan fingerprint density at radius 2 is 1.36 bits per heavy atom. The molecule has 7 nitrogen and oxygen atoms in total. The standard InChI is InChI=1S/C18H32O7/c1-4-7-9-11-17(12-10-8-5-2,16(23)25-6-3)18(24,15(21)22)13-14(19)20/h24H,4-13H2,1-3H3,(H,19,20)(H,21,22). The Morgan fingerprint density at radius 1 is 0.880 bits per heavy atom. The second-order valence-electron chi connectivity index (χ2n) is 6.45. The van der Waals surface area contributed by atoms with Crippen LogP contribution in [-0.2, 0) is 19.1 Å². The van der Waals surface area contributed by atoms with Gasteiger partial charge in [0.05, 0.1) is 13.0 Å². The van der Waals surface area contributed by atoms with E-state index in [1.807, 2.05) is 13.8 Å². The van der Waals surface area contributed by atoms with Crippen LogP contribution >= 0.6 is 0 Å². The highest BCUT2D eigenvalue weighted by Gasteiger charge is 2.61. The maximum atomic E-state index is 12.7. The summed E-state index contributed by atoms with van der Waals surface area (Å²) < 4.78 is 5.09. The molecule has 0 aromatic carbocycles. The molecule has 25 heavy (non-hydrogen) atoms. The van der Waals surface area contributed by atoms with Gasteiger partial charge < -0.3 is 20.1 Å². The number of aliphatic hydroxyl groups is 1. The number of hydrogen-bond acceptors (Lipinski definition) is 5. The third-order valence-corrected chi connectivity index (χ3v) is 4.63. The van der Waals surface area contributed by atoms with E-state index in [0.29, 0.717) is 12.8 Å². The first-order valence-electron chi connectivity index (χ1n) is 9.06. The minimum atomic E-state index is -2.70. The SMILES string of the molecule is CCCCCC(CCCCC)(C(=O)OCC)C(O)(CC(=O)O)C(=O)O. The number of ether oxygens (including phenoxy) is 1. The maximum absolute atomic E-state index is 12.7. The Morgan fingerprint density at radius 3 is 1.68 bits per heavy atom. The molecule has 0 saturated heterocycles. The van der Waals surface area contributed by atoms with Crippen LogP contribution in [0, 0.1) is 5.41 Å². The van der Waals surface area contributed by atoms with Crippen LogP contribution in [0.4, 0.5) is 0 Å².